The highest BCUT2D eigenvalue weighted by Gasteiger charge is 2.69. The quantitative estimate of drug-likeness (QED) is 0.563. The highest BCUT2D eigenvalue weighted by molar-refractivity contribution is 4.94. The predicted molar refractivity (Wildman–Crippen MR) is 37.0 cm³/mol. The van der Waals surface area contributed by atoms with Gasteiger partial charge in [0, 0.05) is 0 Å². The van der Waals surface area contributed by atoms with E-state index in [1.54, 1.807) is 0 Å². The first-order valence-corrected chi connectivity index (χ1v) is 3.77. The fourth-order valence-corrected chi connectivity index (χ4v) is 0.775. The van der Waals surface area contributed by atoms with Crippen LogP contribution in [-0.2, 0) is 4.74 Å². The van der Waals surface area contributed by atoms with E-state index in [4.69, 9.17) is 0 Å². The van der Waals surface area contributed by atoms with Crippen LogP contribution in [0.5, 0.6) is 0 Å². The first-order chi connectivity index (χ1) is 7.35. The summed E-state index contributed by atoms with van der Waals surface area (Å²) in [6.07, 6.45) is -21.0. The fraction of sp³-hybridized carbons (Fsp3) is 0.714. The Morgan fingerprint density at radius 2 is 1.35 bits per heavy atom. The van der Waals surface area contributed by atoms with E-state index in [9.17, 15) is 39.5 Å². The monoisotopic (exact) mass is 276 g/mol. The summed E-state index contributed by atoms with van der Waals surface area (Å²) in [6.45, 7) is 2.50. The number of alkyl halides is 9. The summed E-state index contributed by atoms with van der Waals surface area (Å²) < 4.78 is 111. The van der Waals surface area contributed by atoms with Gasteiger partial charge in [-0.2, -0.15) is 35.1 Å². The predicted octanol–water partition coefficient (Wildman–Crippen LogP) is 3.61. The smallest absolute Gasteiger partial charge is 0.457 e. The van der Waals surface area contributed by atoms with Gasteiger partial charge >= 0.3 is 18.3 Å². The van der Waals surface area contributed by atoms with E-state index in [1.165, 1.54) is 0 Å². The average molecular weight is 276 g/mol. The highest BCUT2D eigenvalue weighted by atomic mass is 19.4. The molecule has 0 amide bonds. The molecule has 0 fully saturated rings. The number of hydrogen-bond acceptors (Lipinski definition) is 1. The molecule has 0 saturated carbocycles. The van der Waals surface area contributed by atoms with Crippen LogP contribution in [0.4, 0.5) is 39.5 Å². The first kappa shape index (κ1) is 15.9. The van der Waals surface area contributed by atoms with Crippen molar-refractivity contribution in [2.24, 2.45) is 0 Å². The molecule has 0 aromatic rings. The summed E-state index contributed by atoms with van der Waals surface area (Å²) in [5.74, 6) is -6.00. The maximum Gasteiger partial charge on any atom is 0.457 e. The molecule has 102 valence electrons. The Balaban J connectivity index is 5.31. The maximum atomic E-state index is 12.5. The van der Waals surface area contributed by atoms with Gasteiger partial charge in [-0.15, -0.1) is 0 Å². The molecule has 0 N–H and O–H groups in total. The van der Waals surface area contributed by atoms with Crippen LogP contribution in [0.1, 0.15) is 0 Å². The molecule has 0 heterocycles. The van der Waals surface area contributed by atoms with E-state index in [-0.39, 0.29) is 6.26 Å². The van der Waals surface area contributed by atoms with Gasteiger partial charge in [0.05, 0.1) is 6.26 Å². The minimum Gasteiger partial charge on any atom is -0.488 e. The van der Waals surface area contributed by atoms with Crippen LogP contribution in [0.15, 0.2) is 12.8 Å². The summed E-state index contributed by atoms with van der Waals surface area (Å²) in [5, 5.41) is 0. The lowest BCUT2D eigenvalue weighted by molar-refractivity contribution is -0.336. The van der Waals surface area contributed by atoms with Gasteiger partial charge in [-0.05, 0) is 0 Å². The molecular formula is C7H5F9O. The zero-order valence-electron chi connectivity index (χ0n) is 7.75. The van der Waals surface area contributed by atoms with Crippen LogP contribution in [0, 0.1) is 0 Å². The molecule has 2 atom stereocenters. The molecule has 17 heavy (non-hydrogen) atoms. The van der Waals surface area contributed by atoms with Crippen molar-refractivity contribution in [2.45, 2.75) is 30.6 Å². The van der Waals surface area contributed by atoms with Crippen molar-refractivity contribution < 1.29 is 44.3 Å². The molecule has 0 aliphatic rings. The Kier molecular flexibility index (Phi) is 4.35. The standard InChI is InChI=1S/C7H5F9O/c1-2-17-4(3(8)6(11,12)13)5(9,10)7(14,15)16/h2-4H,1H2. The molecule has 0 bridgehead atoms. The van der Waals surface area contributed by atoms with Gasteiger partial charge in [-0.25, -0.2) is 4.39 Å². The largest absolute Gasteiger partial charge is 0.488 e. The Bertz CT molecular complexity index is 265. The lowest BCUT2D eigenvalue weighted by atomic mass is 10.1. The molecule has 0 aliphatic carbocycles. The minimum absolute atomic E-state index is 0.122. The second kappa shape index (κ2) is 4.65. The molecule has 0 spiro atoms. The van der Waals surface area contributed by atoms with Crippen molar-refractivity contribution in [3.05, 3.63) is 12.8 Å². The Morgan fingerprint density at radius 3 is 1.59 bits per heavy atom. The molecule has 0 radical (unpaired) electrons. The SMILES string of the molecule is C=COC(C(F)C(F)(F)F)C(F)(F)C(F)(F)F. The first-order valence-electron chi connectivity index (χ1n) is 3.77. The normalized spacial score (nSPS) is 17.5. The second-order valence-corrected chi connectivity index (χ2v) is 2.79. The van der Waals surface area contributed by atoms with Gasteiger partial charge in [0.15, 0.2) is 0 Å². The number of halogens is 9. The molecular weight excluding hydrogens is 271 g/mol. The molecule has 1 nitrogen and oxygen atoms in total. The summed E-state index contributed by atoms with van der Waals surface area (Å²) >= 11 is 0. The summed E-state index contributed by atoms with van der Waals surface area (Å²) in [5.41, 5.74) is 0. The summed E-state index contributed by atoms with van der Waals surface area (Å²) in [4.78, 5) is 0. The summed E-state index contributed by atoms with van der Waals surface area (Å²) in [6, 6.07) is 0. The number of ether oxygens (including phenoxy) is 1. The van der Waals surface area contributed by atoms with Gasteiger partial charge in [0.25, 0.3) is 0 Å². The van der Waals surface area contributed by atoms with E-state index >= 15 is 0 Å². The van der Waals surface area contributed by atoms with Gasteiger partial charge in [0.2, 0.25) is 12.3 Å². The molecule has 0 aromatic heterocycles. The van der Waals surface area contributed by atoms with Crippen LogP contribution in [0.25, 0.3) is 0 Å². The average Bonchev–Trinajstić information content (AvgIpc) is 2.09. The van der Waals surface area contributed by atoms with Crippen LogP contribution >= 0.6 is 0 Å². The lowest BCUT2D eigenvalue weighted by Gasteiger charge is -2.30. The van der Waals surface area contributed by atoms with Crippen molar-refractivity contribution in [1.29, 1.82) is 0 Å². The lowest BCUT2D eigenvalue weighted by Crippen LogP contribution is -2.55. The van der Waals surface area contributed by atoms with Gasteiger partial charge < -0.3 is 4.74 Å². The van der Waals surface area contributed by atoms with Crippen molar-refractivity contribution in [2.75, 3.05) is 0 Å². The topological polar surface area (TPSA) is 9.23 Å². The van der Waals surface area contributed by atoms with E-state index in [0.29, 0.717) is 0 Å². The Morgan fingerprint density at radius 1 is 0.941 bits per heavy atom. The van der Waals surface area contributed by atoms with Crippen LogP contribution in [0.3, 0.4) is 0 Å². The number of hydrogen-bond donors (Lipinski definition) is 0. The van der Waals surface area contributed by atoms with Crippen molar-refractivity contribution in [3.8, 4) is 0 Å². The van der Waals surface area contributed by atoms with E-state index in [0.717, 1.165) is 0 Å². The minimum atomic E-state index is -6.38. The second-order valence-electron chi connectivity index (χ2n) is 2.79. The number of rotatable bonds is 4. The fourth-order valence-electron chi connectivity index (χ4n) is 0.775. The zero-order chi connectivity index (χ0) is 14.1. The van der Waals surface area contributed by atoms with E-state index < -0.39 is 30.6 Å². The van der Waals surface area contributed by atoms with Crippen LogP contribution in [-0.4, -0.2) is 30.6 Å². The third-order valence-corrected chi connectivity index (χ3v) is 1.56. The molecule has 0 rings (SSSR count). The Labute approximate surface area is 88.8 Å². The summed E-state index contributed by atoms with van der Waals surface area (Å²) in [7, 11) is 0. The molecule has 2 unspecified atom stereocenters. The molecule has 0 aromatic carbocycles. The van der Waals surface area contributed by atoms with Crippen molar-refractivity contribution in [1.82, 2.24) is 0 Å². The Hall–Kier alpha value is -1.09. The van der Waals surface area contributed by atoms with E-state index in [2.05, 4.69) is 11.3 Å². The van der Waals surface area contributed by atoms with Gasteiger partial charge in [-0.3, -0.25) is 0 Å². The van der Waals surface area contributed by atoms with Crippen LogP contribution in [0.2, 0.25) is 0 Å². The van der Waals surface area contributed by atoms with E-state index in [1.807, 2.05) is 0 Å². The van der Waals surface area contributed by atoms with Crippen molar-refractivity contribution in [3.63, 3.8) is 0 Å². The van der Waals surface area contributed by atoms with Gasteiger partial charge in [0.1, 0.15) is 0 Å². The molecule has 10 heteroatoms. The zero-order valence-corrected chi connectivity index (χ0v) is 7.75. The third kappa shape index (κ3) is 3.43. The van der Waals surface area contributed by atoms with Crippen LogP contribution < -0.4 is 0 Å². The molecule has 0 saturated heterocycles. The van der Waals surface area contributed by atoms with Gasteiger partial charge in [-0.1, -0.05) is 6.58 Å². The van der Waals surface area contributed by atoms with Crippen molar-refractivity contribution >= 4 is 0 Å². The molecule has 0 aliphatic heterocycles. The maximum absolute atomic E-state index is 12.5. The highest BCUT2D eigenvalue weighted by Crippen LogP contribution is 2.44. The third-order valence-electron chi connectivity index (χ3n) is 1.56.